The molecule has 0 spiro atoms. The van der Waals surface area contributed by atoms with Crippen molar-refractivity contribution in [2.24, 2.45) is 41.2 Å². The van der Waals surface area contributed by atoms with Crippen LogP contribution in [0.4, 0.5) is 0 Å². The van der Waals surface area contributed by atoms with Gasteiger partial charge in [-0.1, -0.05) is 71.1 Å². The number of aliphatic hydroxyl groups is 2. The fraction of sp³-hybridized carbons (Fsp3) is 0.745. The Bertz CT molecular complexity index is 1760. The highest BCUT2D eigenvalue weighted by molar-refractivity contribution is 6.39. The minimum atomic E-state index is -1.93. The van der Waals surface area contributed by atoms with Crippen LogP contribution in [0.5, 0.6) is 0 Å². The molecule has 2 bridgehead atoms. The number of Topliss-reactive ketones (excluding diaryl/α,β-unsaturated/α-hetero) is 3. The smallest absolute Gasteiger partial charge is 0.329 e. The summed E-state index contributed by atoms with van der Waals surface area (Å²) in [5.41, 5.74) is 6.20. The zero-order chi connectivity index (χ0) is 48.2. The van der Waals surface area contributed by atoms with E-state index in [-0.39, 0.29) is 60.9 Å². The van der Waals surface area contributed by atoms with Crippen LogP contribution in [-0.4, -0.2) is 127 Å². The summed E-state index contributed by atoms with van der Waals surface area (Å²) in [6.45, 7) is 13.0. The topological polar surface area (TPSA) is 201 Å². The predicted octanol–water partition coefficient (Wildman–Crippen LogP) is 6.15. The maximum atomic E-state index is 14.4. The second-order valence-electron chi connectivity index (χ2n) is 19.7. The number of ketones is 3. The van der Waals surface area contributed by atoms with Gasteiger partial charge in [0.1, 0.15) is 30.1 Å². The van der Waals surface area contributed by atoms with Gasteiger partial charge in [-0.15, -0.1) is 0 Å². The highest BCUT2D eigenvalue weighted by Gasteiger charge is 2.51. The van der Waals surface area contributed by atoms with Crippen molar-refractivity contribution in [2.45, 2.75) is 180 Å². The first-order valence-electron chi connectivity index (χ1n) is 24.0. The molecule has 2 unspecified atom stereocenters. The highest BCUT2D eigenvalue weighted by atomic mass is 16.5. The molecule has 3 aliphatic heterocycles. The number of piperidine rings is 1. The molecule has 15 atom stereocenters. The van der Waals surface area contributed by atoms with Gasteiger partial charge in [0.2, 0.25) is 0 Å². The molecule has 2 saturated heterocycles. The Hall–Kier alpha value is -3.37. The lowest BCUT2D eigenvalue weighted by molar-refractivity contribution is -0.187. The van der Waals surface area contributed by atoms with Crippen LogP contribution in [0.15, 0.2) is 47.6 Å². The molecular weight excluding hydrogens is 833 g/mol. The number of carbonyl (C=O) groups excluding carboxylic acids is 5. The van der Waals surface area contributed by atoms with Gasteiger partial charge in [-0.2, -0.15) is 0 Å². The van der Waals surface area contributed by atoms with E-state index in [0.29, 0.717) is 63.4 Å². The van der Waals surface area contributed by atoms with Crippen molar-refractivity contribution in [2.75, 3.05) is 27.9 Å². The van der Waals surface area contributed by atoms with E-state index in [4.69, 9.17) is 29.4 Å². The predicted molar refractivity (Wildman–Crippen MR) is 247 cm³/mol. The fourth-order valence-corrected chi connectivity index (χ4v) is 10.2. The number of esters is 1. The van der Waals surface area contributed by atoms with E-state index in [2.05, 4.69) is 0 Å². The molecule has 0 aromatic rings. The Labute approximate surface area is 387 Å². The number of rotatable bonds is 6. The minimum absolute atomic E-state index is 0.0311. The summed E-state index contributed by atoms with van der Waals surface area (Å²) in [5.74, 6) is -4.83. The van der Waals surface area contributed by atoms with Crippen LogP contribution in [-0.2, 0) is 47.7 Å². The van der Waals surface area contributed by atoms with Gasteiger partial charge in [0.05, 0.1) is 24.4 Å². The van der Waals surface area contributed by atoms with Gasteiger partial charge in [0, 0.05) is 58.5 Å². The number of aliphatic hydroxyl groups excluding tert-OH is 2. The van der Waals surface area contributed by atoms with E-state index in [1.54, 1.807) is 41.1 Å². The number of cyclic esters (lactones) is 1. The number of hydrogen-bond donors (Lipinski definition) is 3. The molecule has 1 saturated carbocycles. The van der Waals surface area contributed by atoms with E-state index in [9.17, 15) is 34.2 Å². The molecule has 0 aromatic carbocycles. The van der Waals surface area contributed by atoms with Gasteiger partial charge >= 0.3 is 5.97 Å². The van der Waals surface area contributed by atoms with Gasteiger partial charge in [-0.3, -0.25) is 24.9 Å². The van der Waals surface area contributed by atoms with E-state index in [0.717, 1.165) is 12.0 Å². The van der Waals surface area contributed by atoms with E-state index in [1.165, 1.54) is 12.0 Å². The third kappa shape index (κ3) is 14.3. The lowest BCUT2D eigenvalue weighted by Crippen LogP contribution is -2.65. The van der Waals surface area contributed by atoms with Crippen LogP contribution in [0.2, 0.25) is 0 Å². The summed E-state index contributed by atoms with van der Waals surface area (Å²) in [4.78, 5) is 72.1. The largest absolute Gasteiger partial charge is 0.460 e. The molecule has 14 nitrogen and oxygen atoms in total. The number of fused-ring (bicyclic) bond motifs is 3. The second-order valence-corrected chi connectivity index (χ2v) is 19.7. The summed E-state index contributed by atoms with van der Waals surface area (Å²) in [6, 6.07) is -1.08. The first-order chi connectivity index (χ1) is 30.7. The molecule has 1 amide bonds. The first kappa shape index (κ1) is 54.2. The number of ether oxygens (including phenoxy) is 5. The van der Waals surface area contributed by atoms with Crippen molar-refractivity contribution in [3.8, 4) is 0 Å². The molecule has 65 heavy (non-hydrogen) atoms. The number of methoxy groups -OCH3 is 3. The molecule has 4 rings (SSSR count). The van der Waals surface area contributed by atoms with Crippen molar-refractivity contribution < 1.29 is 57.9 Å². The number of carbonyl (C=O) groups is 5. The SMILES string of the molecule is CO[C@H]1C[C@@H]2CC[C@@H](C)C(N)(O2)C(=O)C(=O)N2CCCC[C@H]2C(=O)OC([C@H](C)C[C@@H]2CC[C@@H](O)[C@H](OC)C2)CC(=O)[C@H](C)/C=C(\C)[C@@H](O)[C@@H](OC)C(=O)[C@H](C)C[C@H](C)/C=C/C=C/C=C/1C. The zero-order valence-electron chi connectivity index (χ0n) is 40.7. The molecular formula is C51H80N2O12. The molecule has 14 heteroatoms. The van der Waals surface area contributed by atoms with Crippen LogP contribution in [0.1, 0.15) is 126 Å². The van der Waals surface area contributed by atoms with Crippen LogP contribution < -0.4 is 5.73 Å². The molecule has 1 aliphatic carbocycles. The monoisotopic (exact) mass is 913 g/mol. The summed E-state index contributed by atoms with van der Waals surface area (Å²) in [5, 5.41) is 21.9. The molecule has 0 radical (unpaired) electrons. The van der Waals surface area contributed by atoms with Crippen molar-refractivity contribution in [3.63, 3.8) is 0 Å². The van der Waals surface area contributed by atoms with Gasteiger partial charge < -0.3 is 38.8 Å². The number of nitrogens with two attached hydrogens (primary N) is 1. The maximum Gasteiger partial charge on any atom is 0.329 e. The lowest BCUT2D eigenvalue weighted by Gasteiger charge is -2.43. The van der Waals surface area contributed by atoms with Gasteiger partial charge in [-0.05, 0) is 107 Å². The standard InChI is InChI=1S/C51H80N2O12/c1-30-16-12-11-13-17-31(2)42(61-8)28-38-21-19-36(7)51(52,65-38)48(58)49(59)53-23-15-14-18-39(53)50(60)64-43(33(4)26-37-20-22-40(54)44(27-37)62-9)29-41(55)32(3)25-35(6)46(57)47(63-10)45(56)34(5)24-30/h11-13,16-17,25,30,32-34,36-40,42-44,46-47,54,57H,14-15,18-24,26-29,52H2,1-10H3/b13-11+,16-12+,31-17+,35-25+/t30-,32-,33-,34-,36-,37+,38+,39+,40-,42+,43?,44-,46-,47+,51?/m1/s1. The molecule has 4 N–H and O–H groups in total. The van der Waals surface area contributed by atoms with Gasteiger partial charge in [0.15, 0.2) is 11.5 Å². The van der Waals surface area contributed by atoms with E-state index in [1.807, 2.05) is 58.1 Å². The van der Waals surface area contributed by atoms with Gasteiger partial charge in [-0.25, -0.2) is 4.79 Å². The van der Waals surface area contributed by atoms with E-state index < -0.39 is 77.7 Å². The van der Waals surface area contributed by atoms with Crippen molar-refractivity contribution in [1.82, 2.24) is 4.90 Å². The number of hydrogen-bond acceptors (Lipinski definition) is 13. The third-order valence-corrected chi connectivity index (χ3v) is 14.6. The van der Waals surface area contributed by atoms with Gasteiger partial charge in [0.25, 0.3) is 11.7 Å². The Morgan fingerprint density at radius 1 is 0.862 bits per heavy atom. The Balaban J connectivity index is 1.70. The van der Waals surface area contributed by atoms with E-state index >= 15 is 0 Å². The number of amides is 1. The minimum Gasteiger partial charge on any atom is -0.460 e. The van der Waals surface area contributed by atoms with Crippen molar-refractivity contribution >= 4 is 29.2 Å². The van der Waals surface area contributed by atoms with Crippen molar-refractivity contribution in [3.05, 3.63) is 47.6 Å². The normalized spacial score (nSPS) is 40.4. The average Bonchev–Trinajstić information content (AvgIpc) is 3.28. The molecule has 0 aromatic heterocycles. The van der Waals surface area contributed by atoms with Crippen LogP contribution in [0.3, 0.4) is 0 Å². The average molecular weight is 913 g/mol. The second kappa shape index (κ2) is 25.1. The molecule has 3 fully saturated rings. The molecule has 366 valence electrons. The zero-order valence-corrected chi connectivity index (χ0v) is 40.7. The van der Waals surface area contributed by atoms with Crippen LogP contribution >= 0.6 is 0 Å². The lowest BCUT2D eigenvalue weighted by atomic mass is 9.78. The van der Waals surface area contributed by atoms with Crippen LogP contribution in [0, 0.1) is 35.5 Å². The fourth-order valence-electron chi connectivity index (χ4n) is 10.2. The van der Waals surface area contributed by atoms with Crippen molar-refractivity contribution in [1.29, 1.82) is 0 Å². The maximum absolute atomic E-state index is 14.4. The summed E-state index contributed by atoms with van der Waals surface area (Å²) in [6.07, 6.45) is 12.0. The first-order valence-corrected chi connectivity index (χ1v) is 24.0. The number of allylic oxidation sites excluding steroid dienone is 6. The molecule has 4 aliphatic rings. The number of nitrogens with zero attached hydrogens (tertiary/aromatic N) is 1. The highest BCUT2D eigenvalue weighted by Crippen LogP contribution is 2.37. The third-order valence-electron chi connectivity index (χ3n) is 14.6. The van der Waals surface area contributed by atoms with Crippen LogP contribution in [0.25, 0.3) is 0 Å². The Morgan fingerprint density at radius 2 is 1.58 bits per heavy atom. The summed E-state index contributed by atoms with van der Waals surface area (Å²) < 4.78 is 29.7. The summed E-state index contributed by atoms with van der Waals surface area (Å²) >= 11 is 0. The Kier molecular flexibility index (Phi) is 21.0. The molecule has 3 heterocycles. The Morgan fingerprint density at radius 3 is 2.26 bits per heavy atom. The quantitative estimate of drug-likeness (QED) is 0.156. The summed E-state index contributed by atoms with van der Waals surface area (Å²) in [7, 11) is 4.57.